The number of rotatable bonds is 5. The van der Waals surface area contributed by atoms with Crippen molar-refractivity contribution in [1.29, 1.82) is 0 Å². The smallest absolute Gasteiger partial charge is 0.324 e. The largest absolute Gasteiger partial charge is 0.417 e. The fourth-order valence-corrected chi connectivity index (χ4v) is 3.90. The van der Waals surface area contributed by atoms with Gasteiger partial charge in [0.2, 0.25) is 5.91 Å². The van der Waals surface area contributed by atoms with E-state index in [2.05, 4.69) is 5.32 Å². The highest BCUT2D eigenvalue weighted by atomic mass is 35.5. The van der Waals surface area contributed by atoms with E-state index in [1.807, 2.05) is 0 Å². The summed E-state index contributed by atoms with van der Waals surface area (Å²) in [6.45, 7) is 0. The summed E-state index contributed by atoms with van der Waals surface area (Å²) in [6, 6.07) is 16.5. The molecule has 0 saturated carbocycles. The van der Waals surface area contributed by atoms with Gasteiger partial charge in [-0.25, -0.2) is 0 Å². The van der Waals surface area contributed by atoms with Gasteiger partial charge in [-0.3, -0.25) is 19.3 Å². The Morgan fingerprint density at radius 3 is 2.06 bits per heavy atom. The van der Waals surface area contributed by atoms with Gasteiger partial charge in [0.05, 0.1) is 21.7 Å². The Hall–Kier alpha value is -3.65. The van der Waals surface area contributed by atoms with E-state index in [1.54, 1.807) is 42.5 Å². The second-order valence-electron chi connectivity index (χ2n) is 7.41. The maximum Gasteiger partial charge on any atom is 0.417 e. The quantitative estimate of drug-likeness (QED) is 0.519. The normalized spacial score (nSPS) is 14.2. The molecule has 1 aliphatic heterocycles. The molecule has 9 heteroatoms. The molecule has 3 amide bonds. The molecule has 1 atom stereocenters. The van der Waals surface area contributed by atoms with Crippen molar-refractivity contribution in [2.45, 2.75) is 18.6 Å². The Morgan fingerprint density at radius 2 is 1.48 bits per heavy atom. The third-order valence-corrected chi connectivity index (χ3v) is 5.58. The number of benzene rings is 3. The number of hydrogen-bond donors (Lipinski definition) is 1. The third-order valence-electron chi connectivity index (χ3n) is 5.25. The van der Waals surface area contributed by atoms with E-state index in [9.17, 15) is 27.6 Å². The summed E-state index contributed by atoms with van der Waals surface area (Å²) < 4.78 is 39.7. The van der Waals surface area contributed by atoms with Crippen molar-refractivity contribution in [3.63, 3.8) is 0 Å². The first-order valence-electron chi connectivity index (χ1n) is 9.85. The second kappa shape index (κ2) is 8.71. The molecule has 0 radical (unpaired) electrons. The molecule has 168 valence electrons. The topological polar surface area (TPSA) is 66.5 Å². The maximum atomic E-state index is 13.2. The van der Waals surface area contributed by atoms with Crippen LogP contribution in [0.3, 0.4) is 0 Å². The van der Waals surface area contributed by atoms with E-state index < -0.39 is 40.5 Å². The number of nitrogens with one attached hydrogen (secondary N) is 1. The van der Waals surface area contributed by atoms with Crippen LogP contribution in [0.2, 0.25) is 5.02 Å². The zero-order valence-corrected chi connectivity index (χ0v) is 17.7. The molecule has 1 heterocycles. The van der Waals surface area contributed by atoms with Crippen molar-refractivity contribution < 1.29 is 27.6 Å². The first-order chi connectivity index (χ1) is 15.7. The van der Waals surface area contributed by atoms with Crippen molar-refractivity contribution in [3.8, 4) is 0 Å². The van der Waals surface area contributed by atoms with Crippen molar-refractivity contribution in [2.75, 3.05) is 5.32 Å². The molecule has 4 rings (SSSR count). The lowest BCUT2D eigenvalue weighted by atomic mass is 10.0. The molecular weight excluding hydrogens is 457 g/mol. The van der Waals surface area contributed by atoms with E-state index >= 15 is 0 Å². The average molecular weight is 473 g/mol. The molecule has 0 bridgehead atoms. The number of amides is 3. The van der Waals surface area contributed by atoms with Gasteiger partial charge in [-0.1, -0.05) is 54.1 Å². The Bertz CT molecular complexity index is 1210. The van der Waals surface area contributed by atoms with Crippen LogP contribution in [0.1, 0.15) is 31.8 Å². The molecule has 33 heavy (non-hydrogen) atoms. The number of carbonyl (C=O) groups is 3. The van der Waals surface area contributed by atoms with Crippen molar-refractivity contribution in [3.05, 3.63) is 100 Å². The zero-order valence-electron chi connectivity index (χ0n) is 16.9. The molecule has 1 N–H and O–H groups in total. The molecule has 5 nitrogen and oxygen atoms in total. The fraction of sp³-hybridized carbons (Fsp3) is 0.125. The number of nitrogens with zero attached hydrogens (tertiary/aromatic N) is 1. The molecular formula is C24H16ClF3N2O3. The van der Waals surface area contributed by atoms with Crippen LogP contribution in [0.25, 0.3) is 0 Å². The summed E-state index contributed by atoms with van der Waals surface area (Å²) in [5, 5.41) is 1.89. The average Bonchev–Trinajstić information content (AvgIpc) is 3.03. The first-order valence-corrected chi connectivity index (χ1v) is 10.2. The monoisotopic (exact) mass is 472 g/mol. The third kappa shape index (κ3) is 4.47. The molecule has 0 spiro atoms. The van der Waals surface area contributed by atoms with Gasteiger partial charge in [-0.15, -0.1) is 0 Å². The summed E-state index contributed by atoms with van der Waals surface area (Å²) in [5.41, 5.74) is -0.270. The molecule has 1 aliphatic rings. The van der Waals surface area contributed by atoms with Gasteiger partial charge in [0, 0.05) is 12.1 Å². The number of fused-ring (bicyclic) bond motifs is 1. The standard InChI is InChI=1S/C24H16ClF3N2O3/c25-19-11-10-15(13-18(19)24(26,27)28)29-21(31)20(12-14-6-2-1-3-7-14)30-22(32)16-8-4-5-9-17(16)23(30)33/h1-11,13,20H,12H2,(H,29,31)/t20-/m1/s1. The van der Waals surface area contributed by atoms with Crippen LogP contribution in [0.4, 0.5) is 18.9 Å². The van der Waals surface area contributed by atoms with Gasteiger partial charge in [0.15, 0.2) is 0 Å². The van der Waals surface area contributed by atoms with Crippen molar-refractivity contribution >= 4 is 35.0 Å². The van der Waals surface area contributed by atoms with Gasteiger partial charge in [-0.2, -0.15) is 13.2 Å². The van der Waals surface area contributed by atoms with Gasteiger partial charge in [0.1, 0.15) is 6.04 Å². The highest BCUT2D eigenvalue weighted by Crippen LogP contribution is 2.36. The molecule has 0 aliphatic carbocycles. The Labute approximate surface area is 191 Å². The molecule has 3 aromatic carbocycles. The minimum Gasteiger partial charge on any atom is -0.324 e. The highest BCUT2D eigenvalue weighted by Gasteiger charge is 2.43. The van der Waals surface area contributed by atoms with Crippen LogP contribution in [0.5, 0.6) is 0 Å². The Morgan fingerprint density at radius 1 is 0.909 bits per heavy atom. The molecule has 3 aromatic rings. The lowest BCUT2D eigenvalue weighted by Gasteiger charge is -2.26. The minimum absolute atomic E-state index is 0.0160. The van der Waals surface area contributed by atoms with Crippen LogP contribution in [-0.2, 0) is 17.4 Å². The van der Waals surface area contributed by atoms with Crippen molar-refractivity contribution in [1.82, 2.24) is 4.90 Å². The number of alkyl halides is 3. The predicted molar refractivity (Wildman–Crippen MR) is 116 cm³/mol. The fourth-order valence-electron chi connectivity index (χ4n) is 3.68. The van der Waals surface area contributed by atoms with E-state index in [-0.39, 0.29) is 23.2 Å². The number of carbonyl (C=O) groups excluding carboxylic acids is 3. The van der Waals surface area contributed by atoms with Crippen LogP contribution < -0.4 is 5.32 Å². The first kappa shape index (κ1) is 22.5. The summed E-state index contributed by atoms with van der Waals surface area (Å²) in [5.74, 6) is -2.08. The Balaban J connectivity index is 1.68. The number of imide groups is 1. The minimum atomic E-state index is -4.72. The van der Waals surface area contributed by atoms with E-state index in [0.717, 1.165) is 11.0 Å². The maximum absolute atomic E-state index is 13.2. The molecule has 0 aromatic heterocycles. The van der Waals surface area contributed by atoms with Crippen LogP contribution in [-0.4, -0.2) is 28.7 Å². The van der Waals surface area contributed by atoms with Gasteiger partial charge in [0.25, 0.3) is 11.8 Å². The van der Waals surface area contributed by atoms with Crippen LogP contribution in [0, 0.1) is 0 Å². The van der Waals surface area contributed by atoms with E-state index in [1.165, 1.54) is 18.2 Å². The SMILES string of the molecule is O=C(Nc1ccc(Cl)c(C(F)(F)F)c1)[C@@H](Cc1ccccc1)N1C(=O)c2ccccc2C1=O. The second-order valence-corrected chi connectivity index (χ2v) is 7.82. The number of hydrogen-bond acceptors (Lipinski definition) is 3. The highest BCUT2D eigenvalue weighted by molar-refractivity contribution is 6.31. The number of anilines is 1. The van der Waals surface area contributed by atoms with E-state index in [4.69, 9.17) is 11.6 Å². The van der Waals surface area contributed by atoms with E-state index in [0.29, 0.717) is 11.6 Å². The van der Waals surface area contributed by atoms with Gasteiger partial charge < -0.3 is 5.32 Å². The number of halogens is 4. The van der Waals surface area contributed by atoms with Crippen LogP contribution in [0.15, 0.2) is 72.8 Å². The van der Waals surface area contributed by atoms with Gasteiger partial charge >= 0.3 is 6.18 Å². The van der Waals surface area contributed by atoms with Gasteiger partial charge in [-0.05, 0) is 35.9 Å². The summed E-state index contributed by atoms with van der Waals surface area (Å²) in [6.07, 6.45) is -4.73. The summed E-state index contributed by atoms with van der Waals surface area (Å²) >= 11 is 5.65. The molecule has 0 unspecified atom stereocenters. The molecule has 0 fully saturated rings. The lowest BCUT2D eigenvalue weighted by molar-refractivity contribution is -0.137. The summed E-state index contributed by atoms with van der Waals surface area (Å²) in [4.78, 5) is 40.0. The summed E-state index contributed by atoms with van der Waals surface area (Å²) in [7, 11) is 0. The van der Waals surface area contributed by atoms with Crippen molar-refractivity contribution in [2.24, 2.45) is 0 Å². The van der Waals surface area contributed by atoms with Crippen LogP contribution >= 0.6 is 11.6 Å². The lowest BCUT2D eigenvalue weighted by Crippen LogP contribution is -2.48. The molecule has 0 saturated heterocycles. The zero-order chi connectivity index (χ0) is 23.8. The predicted octanol–water partition coefficient (Wildman–Crippen LogP) is 5.20. The Kier molecular flexibility index (Phi) is 5.95.